The molecule has 3 rings (SSSR count). The van der Waals surface area contributed by atoms with E-state index >= 15 is 0 Å². The second-order valence-corrected chi connectivity index (χ2v) is 6.92. The Labute approximate surface area is 184 Å². The van der Waals surface area contributed by atoms with Gasteiger partial charge in [-0.2, -0.15) is 0 Å². The average Bonchev–Trinajstić information content (AvgIpc) is 2.81. The molecule has 0 aliphatic carbocycles. The Morgan fingerprint density at radius 1 is 1.16 bits per heavy atom. The highest BCUT2D eigenvalue weighted by Gasteiger charge is 2.32. The number of nitro benzene ring substituents is 1. The van der Waals surface area contributed by atoms with Crippen molar-refractivity contribution in [2.45, 2.75) is 6.54 Å². The van der Waals surface area contributed by atoms with Crippen molar-refractivity contribution in [1.29, 1.82) is 0 Å². The number of ether oxygens (including phenoxy) is 3. The van der Waals surface area contributed by atoms with Crippen LogP contribution in [0.4, 0.5) is 11.4 Å². The van der Waals surface area contributed by atoms with Crippen LogP contribution in [-0.4, -0.2) is 57.7 Å². The molecule has 11 heteroatoms. The number of methoxy groups -OCH3 is 3. The van der Waals surface area contributed by atoms with E-state index in [4.69, 9.17) is 14.2 Å². The summed E-state index contributed by atoms with van der Waals surface area (Å²) < 4.78 is 15.5. The minimum atomic E-state index is -0.695. The van der Waals surface area contributed by atoms with Crippen molar-refractivity contribution < 1.29 is 28.7 Å². The smallest absolute Gasteiger partial charge is 0.327 e. The number of carbonyl (C=O) groups excluding carboxylic acids is 2. The summed E-state index contributed by atoms with van der Waals surface area (Å²) in [6, 6.07) is 8.63. The van der Waals surface area contributed by atoms with Crippen LogP contribution >= 0.6 is 0 Å². The van der Waals surface area contributed by atoms with Gasteiger partial charge in [0.15, 0.2) is 5.75 Å². The van der Waals surface area contributed by atoms with Gasteiger partial charge in [0.05, 0.1) is 32.8 Å². The SMILES string of the molecule is COc1cc(C(=O)NCc2ccc(N3CCNC(=O)C3)cc2)c([N+](=O)[O-])c(OC)c1OC. The van der Waals surface area contributed by atoms with Gasteiger partial charge in [0.2, 0.25) is 17.4 Å². The molecule has 1 fully saturated rings. The summed E-state index contributed by atoms with van der Waals surface area (Å²) in [7, 11) is 3.93. The molecule has 1 heterocycles. The molecule has 0 radical (unpaired) electrons. The number of hydrogen-bond donors (Lipinski definition) is 2. The summed E-state index contributed by atoms with van der Waals surface area (Å²) >= 11 is 0. The topological polar surface area (TPSA) is 132 Å². The molecule has 2 aromatic rings. The molecular formula is C21H24N4O7. The number of nitro groups is 1. The van der Waals surface area contributed by atoms with E-state index in [0.29, 0.717) is 19.6 Å². The van der Waals surface area contributed by atoms with Gasteiger partial charge in [-0.05, 0) is 17.7 Å². The van der Waals surface area contributed by atoms with Crippen LogP contribution in [0.3, 0.4) is 0 Å². The molecule has 32 heavy (non-hydrogen) atoms. The minimum absolute atomic E-state index is 0.0280. The van der Waals surface area contributed by atoms with Crippen LogP contribution in [0.1, 0.15) is 15.9 Å². The monoisotopic (exact) mass is 444 g/mol. The fourth-order valence-electron chi connectivity index (χ4n) is 3.46. The molecule has 0 unspecified atom stereocenters. The lowest BCUT2D eigenvalue weighted by Gasteiger charge is -2.28. The first kappa shape index (κ1) is 22.7. The normalized spacial score (nSPS) is 13.2. The van der Waals surface area contributed by atoms with Crippen molar-refractivity contribution in [2.24, 2.45) is 0 Å². The van der Waals surface area contributed by atoms with Crippen LogP contribution in [0.15, 0.2) is 30.3 Å². The van der Waals surface area contributed by atoms with Gasteiger partial charge in [-0.1, -0.05) is 12.1 Å². The molecule has 0 spiro atoms. The Morgan fingerprint density at radius 3 is 2.41 bits per heavy atom. The van der Waals surface area contributed by atoms with Crippen LogP contribution < -0.4 is 29.7 Å². The van der Waals surface area contributed by atoms with Gasteiger partial charge in [-0.15, -0.1) is 0 Å². The van der Waals surface area contributed by atoms with E-state index in [1.54, 1.807) is 0 Å². The quantitative estimate of drug-likeness (QED) is 0.462. The standard InChI is InChI=1S/C21H24N4O7/c1-30-16-10-15(18(25(28)29)20(32-3)19(16)31-2)21(27)23-11-13-4-6-14(7-5-13)24-9-8-22-17(26)12-24/h4-7,10H,8-9,11-12H2,1-3H3,(H,22,26)(H,23,27). The molecule has 0 bridgehead atoms. The fraction of sp³-hybridized carbons (Fsp3) is 0.333. The predicted octanol–water partition coefficient (Wildman–Crippen LogP) is 1.49. The Kier molecular flexibility index (Phi) is 6.98. The molecule has 0 saturated carbocycles. The van der Waals surface area contributed by atoms with Gasteiger partial charge < -0.3 is 29.7 Å². The van der Waals surface area contributed by atoms with Crippen LogP contribution in [0, 0.1) is 10.1 Å². The molecule has 2 amide bonds. The molecule has 0 atom stereocenters. The molecule has 2 N–H and O–H groups in total. The lowest BCUT2D eigenvalue weighted by molar-refractivity contribution is -0.386. The van der Waals surface area contributed by atoms with E-state index in [0.717, 1.165) is 11.3 Å². The Bertz CT molecular complexity index is 1020. The molecule has 1 aliphatic rings. The average molecular weight is 444 g/mol. The Hall–Kier alpha value is -4.02. The first-order valence-electron chi connectivity index (χ1n) is 9.75. The maximum atomic E-state index is 12.8. The third kappa shape index (κ3) is 4.66. The van der Waals surface area contributed by atoms with Crippen molar-refractivity contribution in [3.63, 3.8) is 0 Å². The second kappa shape index (κ2) is 9.86. The van der Waals surface area contributed by atoms with Crippen molar-refractivity contribution >= 4 is 23.2 Å². The number of amides is 2. The van der Waals surface area contributed by atoms with E-state index < -0.39 is 16.5 Å². The first-order chi connectivity index (χ1) is 15.4. The zero-order valence-corrected chi connectivity index (χ0v) is 18.0. The van der Waals surface area contributed by atoms with Gasteiger partial charge in [-0.3, -0.25) is 19.7 Å². The number of carbonyl (C=O) groups is 2. The van der Waals surface area contributed by atoms with Crippen molar-refractivity contribution in [2.75, 3.05) is 45.9 Å². The summed E-state index contributed by atoms with van der Waals surface area (Å²) in [6.07, 6.45) is 0. The van der Waals surface area contributed by atoms with E-state index in [-0.39, 0.29) is 35.3 Å². The number of rotatable bonds is 8. The van der Waals surface area contributed by atoms with E-state index in [2.05, 4.69) is 10.6 Å². The van der Waals surface area contributed by atoms with Crippen molar-refractivity contribution in [3.8, 4) is 17.2 Å². The maximum absolute atomic E-state index is 12.8. The molecular weight excluding hydrogens is 420 g/mol. The van der Waals surface area contributed by atoms with Gasteiger partial charge >= 0.3 is 5.69 Å². The highest BCUT2D eigenvalue weighted by molar-refractivity contribution is 6.00. The number of nitrogens with zero attached hydrogens (tertiary/aromatic N) is 2. The summed E-state index contributed by atoms with van der Waals surface area (Å²) in [5.74, 6) is -0.723. The van der Waals surface area contributed by atoms with E-state index in [1.165, 1.54) is 27.4 Å². The lowest BCUT2D eigenvalue weighted by Crippen LogP contribution is -2.47. The highest BCUT2D eigenvalue weighted by Crippen LogP contribution is 2.46. The molecule has 170 valence electrons. The van der Waals surface area contributed by atoms with Gasteiger partial charge in [0.25, 0.3) is 5.91 Å². The van der Waals surface area contributed by atoms with Gasteiger partial charge in [0, 0.05) is 31.4 Å². The zero-order valence-electron chi connectivity index (χ0n) is 18.0. The summed E-state index contributed by atoms with van der Waals surface area (Å²) in [6.45, 7) is 1.74. The molecule has 11 nitrogen and oxygen atoms in total. The van der Waals surface area contributed by atoms with Crippen molar-refractivity contribution in [1.82, 2.24) is 10.6 Å². The van der Waals surface area contributed by atoms with Gasteiger partial charge in [0.1, 0.15) is 5.56 Å². The molecule has 2 aromatic carbocycles. The lowest BCUT2D eigenvalue weighted by atomic mass is 10.1. The molecule has 1 saturated heterocycles. The molecule has 1 aliphatic heterocycles. The second-order valence-electron chi connectivity index (χ2n) is 6.92. The van der Waals surface area contributed by atoms with E-state index in [1.807, 2.05) is 29.2 Å². The number of benzene rings is 2. The number of nitrogens with one attached hydrogen (secondary N) is 2. The third-order valence-corrected chi connectivity index (χ3v) is 5.02. The summed E-state index contributed by atoms with van der Waals surface area (Å²) in [5.41, 5.74) is 0.968. The largest absolute Gasteiger partial charge is 0.493 e. The van der Waals surface area contributed by atoms with Crippen LogP contribution in [0.5, 0.6) is 17.2 Å². The number of piperazine rings is 1. The Balaban J connectivity index is 1.78. The maximum Gasteiger partial charge on any atom is 0.327 e. The molecule has 0 aromatic heterocycles. The van der Waals surface area contributed by atoms with E-state index in [9.17, 15) is 19.7 Å². The first-order valence-corrected chi connectivity index (χ1v) is 9.75. The number of anilines is 1. The van der Waals surface area contributed by atoms with Crippen LogP contribution in [0.2, 0.25) is 0 Å². The van der Waals surface area contributed by atoms with Gasteiger partial charge in [-0.25, -0.2) is 0 Å². The van der Waals surface area contributed by atoms with Crippen molar-refractivity contribution in [3.05, 3.63) is 51.6 Å². The third-order valence-electron chi connectivity index (χ3n) is 5.02. The predicted molar refractivity (Wildman–Crippen MR) is 116 cm³/mol. The Morgan fingerprint density at radius 2 is 1.84 bits per heavy atom. The summed E-state index contributed by atoms with van der Waals surface area (Å²) in [4.78, 5) is 37.3. The van der Waals surface area contributed by atoms with Crippen LogP contribution in [0.25, 0.3) is 0 Å². The zero-order chi connectivity index (χ0) is 23.3. The van der Waals surface area contributed by atoms with Crippen LogP contribution in [-0.2, 0) is 11.3 Å². The highest BCUT2D eigenvalue weighted by atomic mass is 16.6. The summed E-state index contributed by atoms with van der Waals surface area (Å²) in [5, 5.41) is 17.1. The fourth-order valence-corrected chi connectivity index (χ4v) is 3.46. The minimum Gasteiger partial charge on any atom is -0.493 e. The number of hydrogen-bond acceptors (Lipinski definition) is 8.